The van der Waals surface area contributed by atoms with E-state index in [1.54, 1.807) is 0 Å². The Hall–Kier alpha value is -0.570. The molecule has 0 spiro atoms. The lowest BCUT2D eigenvalue weighted by atomic mass is 9.98. The van der Waals surface area contributed by atoms with E-state index in [9.17, 15) is 4.79 Å². The lowest BCUT2D eigenvalue weighted by molar-refractivity contribution is -0.125. The van der Waals surface area contributed by atoms with Gasteiger partial charge in [-0.25, -0.2) is 0 Å². The van der Waals surface area contributed by atoms with Crippen LogP contribution in [0, 0.1) is 11.8 Å². The highest BCUT2D eigenvalue weighted by molar-refractivity contribution is 5.78. The molecule has 0 aliphatic carbocycles. The third-order valence-corrected chi connectivity index (χ3v) is 3.39. The summed E-state index contributed by atoms with van der Waals surface area (Å²) in [7, 11) is 0. The predicted octanol–water partition coefficient (Wildman–Crippen LogP) is 1.54. The largest absolute Gasteiger partial charge is 0.356 e. The minimum Gasteiger partial charge on any atom is -0.356 e. The standard InChI is InChI=1S/C12H24N2O/c1-3-10(4-2)8-14-12(15)11-6-5-7-13-9-11/h10-11,13H,3-9H2,1-2H3,(H,14,15). The maximum absolute atomic E-state index is 11.8. The van der Waals surface area contributed by atoms with Gasteiger partial charge in [-0.15, -0.1) is 0 Å². The van der Waals surface area contributed by atoms with Crippen LogP contribution < -0.4 is 10.6 Å². The topological polar surface area (TPSA) is 41.1 Å². The van der Waals surface area contributed by atoms with Crippen LogP contribution >= 0.6 is 0 Å². The number of nitrogens with one attached hydrogen (secondary N) is 2. The molecule has 3 nitrogen and oxygen atoms in total. The molecule has 3 heteroatoms. The van der Waals surface area contributed by atoms with E-state index in [1.165, 1.54) is 0 Å². The summed E-state index contributed by atoms with van der Waals surface area (Å²) in [6, 6.07) is 0. The predicted molar refractivity (Wildman–Crippen MR) is 62.7 cm³/mol. The fourth-order valence-electron chi connectivity index (χ4n) is 2.04. The number of carbonyl (C=O) groups excluding carboxylic acids is 1. The van der Waals surface area contributed by atoms with Crippen molar-refractivity contribution in [3.63, 3.8) is 0 Å². The highest BCUT2D eigenvalue weighted by Gasteiger charge is 2.20. The fraction of sp³-hybridized carbons (Fsp3) is 0.917. The first-order valence-electron chi connectivity index (χ1n) is 6.26. The van der Waals surface area contributed by atoms with Crippen molar-refractivity contribution >= 4 is 5.91 Å². The number of piperidine rings is 1. The Balaban J connectivity index is 2.22. The summed E-state index contributed by atoms with van der Waals surface area (Å²) in [5, 5.41) is 6.35. The second kappa shape index (κ2) is 6.83. The molecule has 1 unspecified atom stereocenters. The first-order chi connectivity index (χ1) is 7.27. The SMILES string of the molecule is CCC(CC)CNC(=O)C1CCCNC1. The van der Waals surface area contributed by atoms with Crippen molar-refractivity contribution < 1.29 is 4.79 Å². The Morgan fingerprint density at radius 1 is 1.47 bits per heavy atom. The van der Waals surface area contributed by atoms with Gasteiger partial charge >= 0.3 is 0 Å². The molecule has 0 aromatic heterocycles. The van der Waals surface area contributed by atoms with Gasteiger partial charge in [-0.1, -0.05) is 26.7 Å². The number of hydrogen-bond donors (Lipinski definition) is 2. The molecule has 1 fully saturated rings. The van der Waals surface area contributed by atoms with Gasteiger partial charge < -0.3 is 10.6 Å². The number of rotatable bonds is 5. The van der Waals surface area contributed by atoms with Gasteiger partial charge in [-0.3, -0.25) is 4.79 Å². The Morgan fingerprint density at radius 2 is 2.20 bits per heavy atom. The van der Waals surface area contributed by atoms with Crippen LogP contribution in [0.4, 0.5) is 0 Å². The van der Waals surface area contributed by atoms with E-state index in [-0.39, 0.29) is 11.8 Å². The molecule has 0 aromatic carbocycles. The lowest BCUT2D eigenvalue weighted by Crippen LogP contribution is -2.41. The van der Waals surface area contributed by atoms with Crippen molar-refractivity contribution in [3.8, 4) is 0 Å². The minimum atomic E-state index is 0.202. The number of hydrogen-bond acceptors (Lipinski definition) is 2. The number of amides is 1. The summed E-state index contributed by atoms with van der Waals surface area (Å²) in [5.41, 5.74) is 0. The molecule has 0 bridgehead atoms. The van der Waals surface area contributed by atoms with Crippen molar-refractivity contribution in [2.75, 3.05) is 19.6 Å². The summed E-state index contributed by atoms with van der Waals surface area (Å²) >= 11 is 0. The Bertz CT molecular complexity index is 184. The smallest absolute Gasteiger partial charge is 0.224 e. The van der Waals surface area contributed by atoms with E-state index < -0.39 is 0 Å². The van der Waals surface area contributed by atoms with Crippen LogP contribution in [0.25, 0.3) is 0 Å². The van der Waals surface area contributed by atoms with E-state index in [2.05, 4.69) is 24.5 Å². The fourth-order valence-corrected chi connectivity index (χ4v) is 2.04. The summed E-state index contributed by atoms with van der Waals surface area (Å²) in [4.78, 5) is 11.8. The number of carbonyl (C=O) groups is 1. The molecule has 1 saturated heterocycles. The van der Waals surface area contributed by atoms with Crippen LogP contribution in [0.5, 0.6) is 0 Å². The van der Waals surface area contributed by atoms with Gasteiger partial charge in [0.05, 0.1) is 5.92 Å². The second-order valence-corrected chi connectivity index (χ2v) is 4.47. The molecule has 1 atom stereocenters. The summed E-state index contributed by atoms with van der Waals surface area (Å²) < 4.78 is 0. The van der Waals surface area contributed by atoms with E-state index in [0.717, 1.165) is 45.3 Å². The van der Waals surface area contributed by atoms with Crippen molar-refractivity contribution in [1.29, 1.82) is 0 Å². The maximum Gasteiger partial charge on any atom is 0.224 e. The minimum absolute atomic E-state index is 0.202. The quantitative estimate of drug-likeness (QED) is 0.726. The monoisotopic (exact) mass is 212 g/mol. The van der Waals surface area contributed by atoms with Crippen molar-refractivity contribution in [2.45, 2.75) is 39.5 Å². The molecule has 1 heterocycles. The molecule has 0 radical (unpaired) electrons. The van der Waals surface area contributed by atoms with Crippen LogP contribution in [0.3, 0.4) is 0 Å². The van der Waals surface area contributed by atoms with Gasteiger partial charge in [0.25, 0.3) is 0 Å². The second-order valence-electron chi connectivity index (χ2n) is 4.47. The molecule has 88 valence electrons. The van der Waals surface area contributed by atoms with E-state index >= 15 is 0 Å². The average molecular weight is 212 g/mol. The third-order valence-electron chi connectivity index (χ3n) is 3.39. The van der Waals surface area contributed by atoms with Gasteiger partial charge in [0.15, 0.2) is 0 Å². The molecular weight excluding hydrogens is 188 g/mol. The molecule has 0 saturated carbocycles. The molecule has 1 amide bonds. The van der Waals surface area contributed by atoms with Gasteiger partial charge in [-0.05, 0) is 25.3 Å². The van der Waals surface area contributed by atoms with Crippen molar-refractivity contribution in [1.82, 2.24) is 10.6 Å². The lowest BCUT2D eigenvalue weighted by Gasteiger charge is -2.23. The first-order valence-corrected chi connectivity index (χ1v) is 6.26. The normalized spacial score (nSPS) is 21.7. The molecule has 1 rings (SSSR count). The van der Waals surface area contributed by atoms with E-state index in [1.807, 2.05) is 0 Å². The molecule has 2 N–H and O–H groups in total. The molecule has 1 aliphatic rings. The molecular formula is C12H24N2O. The van der Waals surface area contributed by atoms with Gasteiger partial charge in [-0.2, -0.15) is 0 Å². The van der Waals surface area contributed by atoms with Gasteiger partial charge in [0, 0.05) is 13.1 Å². The molecule has 0 aromatic rings. The molecule has 15 heavy (non-hydrogen) atoms. The summed E-state index contributed by atoms with van der Waals surface area (Å²) in [5.74, 6) is 1.09. The first kappa shape index (κ1) is 12.5. The van der Waals surface area contributed by atoms with Crippen LogP contribution in [0.1, 0.15) is 39.5 Å². The van der Waals surface area contributed by atoms with Crippen LogP contribution in [-0.4, -0.2) is 25.5 Å². The zero-order valence-electron chi connectivity index (χ0n) is 10.0. The van der Waals surface area contributed by atoms with Crippen molar-refractivity contribution in [2.24, 2.45) is 11.8 Å². The zero-order chi connectivity index (χ0) is 11.1. The third kappa shape index (κ3) is 4.20. The average Bonchev–Trinajstić information content (AvgIpc) is 2.31. The van der Waals surface area contributed by atoms with Gasteiger partial charge in [0.2, 0.25) is 5.91 Å². The van der Waals surface area contributed by atoms with Gasteiger partial charge in [0.1, 0.15) is 0 Å². The van der Waals surface area contributed by atoms with Crippen LogP contribution in [-0.2, 0) is 4.79 Å². The Morgan fingerprint density at radius 3 is 2.73 bits per heavy atom. The highest BCUT2D eigenvalue weighted by Crippen LogP contribution is 2.11. The summed E-state index contributed by atoms with van der Waals surface area (Å²) in [6.45, 7) is 7.14. The zero-order valence-corrected chi connectivity index (χ0v) is 10.0. The van der Waals surface area contributed by atoms with E-state index in [0.29, 0.717) is 5.92 Å². The van der Waals surface area contributed by atoms with Crippen molar-refractivity contribution in [3.05, 3.63) is 0 Å². The Kier molecular flexibility index (Phi) is 5.69. The maximum atomic E-state index is 11.8. The molecule has 1 aliphatic heterocycles. The van der Waals surface area contributed by atoms with Crippen LogP contribution in [0.2, 0.25) is 0 Å². The van der Waals surface area contributed by atoms with Crippen LogP contribution in [0.15, 0.2) is 0 Å². The Labute approximate surface area is 93.0 Å². The van der Waals surface area contributed by atoms with E-state index in [4.69, 9.17) is 0 Å². The highest BCUT2D eigenvalue weighted by atomic mass is 16.1. The summed E-state index contributed by atoms with van der Waals surface area (Å²) in [6.07, 6.45) is 4.48.